The lowest BCUT2D eigenvalue weighted by atomic mass is 10.3. The van der Waals surface area contributed by atoms with Gasteiger partial charge in [-0.15, -0.1) is 0 Å². The van der Waals surface area contributed by atoms with Crippen molar-refractivity contribution in [2.24, 2.45) is 0 Å². The van der Waals surface area contributed by atoms with Gasteiger partial charge in [-0.2, -0.15) is 0 Å². The lowest BCUT2D eigenvalue weighted by Gasteiger charge is -2.05. The topological polar surface area (TPSA) is 63.2 Å². The van der Waals surface area contributed by atoms with Gasteiger partial charge in [0.15, 0.2) is 0 Å². The van der Waals surface area contributed by atoms with E-state index in [9.17, 15) is 4.79 Å². The molecule has 0 bridgehead atoms. The lowest BCUT2D eigenvalue weighted by molar-refractivity contribution is -0.120. The van der Waals surface area contributed by atoms with Crippen LogP contribution >= 0.6 is 0 Å². The standard InChI is InChI=1S/C11H17N3O2/c1-12-10(15)6-7-13-8-9-4-3-5-11(14-9)16-2/h3-5,13H,6-8H2,1-2H3,(H,12,15). The van der Waals surface area contributed by atoms with Gasteiger partial charge in [0, 0.05) is 32.6 Å². The van der Waals surface area contributed by atoms with Crippen LogP contribution in [0.4, 0.5) is 0 Å². The number of nitrogens with one attached hydrogen (secondary N) is 2. The van der Waals surface area contributed by atoms with E-state index in [2.05, 4.69) is 15.6 Å². The Bertz CT molecular complexity index is 342. The van der Waals surface area contributed by atoms with E-state index >= 15 is 0 Å². The molecule has 0 aliphatic carbocycles. The molecule has 0 saturated heterocycles. The highest BCUT2D eigenvalue weighted by molar-refractivity contribution is 5.75. The van der Waals surface area contributed by atoms with Crippen molar-refractivity contribution in [3.8, 4) is 5.88 Å². The third-order valence-electron chi connectivity index (χ3n) is 2.10. The van der Waals surface area contributed by atoms with Crippen molar-refractivity contribution >= 4 is 5.91 Å². The number of carbonyl (C=O) groups is 1. The Labute approximate surface area is 95.2 Å². The molecule has 1 heterocycles. The second-order valence-electron chi connectivity index (χ2n) is 3.27. The van der Waals surface area contributed by atoms with E-state index in [1.165, 1.54) is 0 Å². The fourth-order valence-corrected chi connectivity index (χ4v) is 1.21. The zero-order chi connectivity index (χ0) is 11.8. The molecule has 0 atom stereocenters. The highest BCUT2D eigenvalue weighted by atomic mass is 16.5. The molecule has 5 heteroatoms. The van der Waals surface area contributed by atoms with Gasteiger partial charge in [0.25, 0.3) is 0 Å². The SMILES string of the molecule is CNC(=O)CCNCc1cccc(OC)n1. The van der Waals surface area contributed by atoms with Gasteiger partial charge >= 0.3 is 0 Å². The molecule has 1 aromatic heterocycles. The summed E-state index contributed by atoms with van der Waals surface area (Å²) < 4.78 is 5.01. The molecule has 1 amide bonds. The van der Waals surface area contributed by atoms with Crippen LogP contribution in [0.2, 0.25) is 0 Å². The van der Waals surface area contributed by atoms with Crippen LogP contribution in [0.3, 0.4) is 0 Å². The van der Waals surface area contributed by atoms with Gasteiger partial charge in [0.1, 0.15) is 0 Å². The van der Waals surface area contributed by atoms with Crippen molar-refractivity contribution in [2.75, 3.05) is 20.7 Å². The van der Waals surface area contributed by atoms with Crippen LogP contribution in [0.15, 0.2) is 18.2 Å². The van der Waals surface area contributed by atoms with Crippen molar-refractivity contribution in [1.29, 1.82) is 0 Å². The fourth-order valence-electron chi connectivity index (χ4n) is 1.21. The first-order valence-corrected chi connectivity index (χ1v) is 5.17. The summed E-state index contributed by atoms with van der Waals surface area (Å²) in [4.78, 5) is 15.2. The van der Waals surface area contributed by atoms with Crippen molar-refractivity contribution in [3.05, 3.63) is 23.9 Å². The minimum atomic E-state index is 0.0334. The first kappa shape index (κ1) is 12.4. The summed E-state index contributed by atoms with van der Waals surface area (Å²) in [5.41, 5.74) is 0.899. The molecular weight excluding hydrogens is 206 g/mol. The van der Waals surface area contributed by atoms with Crippen molar-refractivity contribution in [1.82, 2.24) is 15.6 Å². The highest BCUT2D eigenvalue weighted by Gasteiger charge is 1.99. The minimum Gasteiger partial charge on any atom is -0.481 e. The maximum absolute atomic E-state index is 10.9. The summed E-state index contributed by atoms with van der Waals surface area (Å²) in [5.74, 6) is 0.636. The number of rotatable bonds is 6. The van der Waals surface area contributed by atoms with Gasteiger partial charge in [-0.25, -0.2) is 4.98 Å². The normalized spacial score (nSPS) is 9.88. The summed E-state index contributed by atoms with van der Waals surface area (Å²) in [5, 5.41) is 5.71. The second-order valence-corrected chi connectivity index (χ2v) is 3.27. The number of hydrogen-bond donors (Lipinski definition) is 2. The predicted octanol–water partition coefficient (Wildman–Crippen LogP) is 0.316. The Balaban J connectivity index is 2.28. The Hall–Kier alpha value is -1.62. The largest absolute Gasteiger partial charge is 0.481 e. The first-order chi connectivity index (χ1) is 7.76. The Morgan fingerprint density at radius 1 is 1.50 bits per heavy atom. The van der Waals surface area contributed by atoms with E-state index in [-0.39, 0.29) is 5.91 Å². The van der Waals surface area contributed by atoms with E-state index in [1.54, 1.807) is 20.2 Å². The van der Waals surface area contributed by atoms with E-state index < -0.39 is 0 Å². The molecular formula is C11H17N3O2. The van der Waals surface area contributed by atoms with Gasteiger partial charge < -0.3 is 15.4 Å². The minimum absolute atomic E-state index is 0.0334. The Kier molecular flexibility index (Phi) is 5.28. The van der Waals surface area contributed by atoms with Gasteiger partial charge in [-0.3, -0.25) is 4.79 Å². The van der Waals surface area contributed by atoms with Crippen LogP contribution in [0.25, 0.3) is 0 Å². The van der Waals surface area contributed by atoms with Gasteiger partial charge in [-0.05, 0) is 6.07 Å². The van der Waals surface area contributed by atoms with E-state index in [4.69, 9.17) is 4.74 Å². The van der Waals surface area contributed by atoms with Crippen molar-refractivity contribution < 1.29 is 9.53 Å². The van der Waals surface area contributed by atoms with Gasteiger partial charge in [0.2, 0.25) is 11.8 Å². The molecule has 0 aliphatic heterocycles. The Morgan fingerprint density at radius 3 is 3.00 bits per heavy atom. The number of methoxy groups -OCH3 is 1. The van der Waals surface area contributed by atoms with E-state index in [1.807, 2.05) is 12.1 Å². The van der Waals surface area contributed by atoms with Crippen molar-refractivity contribution in [3.63, 3.8) is 0 Å². The predicted molar refractivity (Wildman–Crippen MR) is 61.2 cm³/mol. The first-order valence-electron chi connectivity index (χ1n) is 5.17. The highest BCUT2D eigenvalue weighted by Crippen LogP contribution is 2.05. The third-order valence-corrected chi connectivity index (χ3v) is 2.10. The van der Waals surface area contributed by atoms with Crippen LogP contribution in [-0.2, 0) is 11.3 Å². The quantitative estimate of drug-likeness (QED) is 0.682. The average molecular weight is 223 g/mol. The number of nitrogens with zero attached hydrogens (tertiary/aromatic N) is 1. The molecule has 0 aromatic carbocycles. The summed E-state index contributed by atoms with van der Waals surface area (Å²) in [6, 6.07) is 5.60. The smallest absolute Gasteiger partial charge is 0.221 e. The lowest BCUT2D eigenvalue weighted by Crippen LogP contribution is -2.24. The molecule has 88 valence electrons. The summed E-state index contributed by atoms with van der Waals surface area (Å²) in [7, 11) is 3.22. The molecule has 1 rings (SSSR count). The van der Waals surface area contributed by atoms with Crippen LogP contribution in [0.1, 0.15) is 12.1 Å². The average Bonchev–Trinajstić information content (AvgIpc) is 2.34. The molecule has 0 fully saturated rings. The zero-order valence-corrected chi connectivity index (χ0v) is 9.62. The molecule has 0 unspecified atom stereocenters. The van der Waals surface area contributed by atoms with Crippen LogP contribution in [-0.4, -0.2) is 31.6 Å². The number of hydrogen-bond acceptors (Lipinski definition) is 4. The van der Waals surface area contributed by atoms with E-state index in [0.717, 1.165) is 5.69 Å². The Morgan fingerprint density at radius 2 is 2.31 bits per heavy atom. The molecule has 2 N–H and O–H groups in total. The number of aromatic nitrogens is 1. The monoisotopic (exact) mass is 223 g/mol. The zero-order valence-electron chi connectivity index (χ0n) is 9.62. The fraction of sp³-hybridized carbons (Fsp3) is 0.455. The number of amides is 1. The number of pyridine rings is 1. The third kappa shape index (κ3) is 4.27. The maximum Gasteiger partial charge on any atom is 0.221 e. The summed E-state index contributed by atoms with van der Waals surface area (Å²) in [6.45, 7) is 1.27. The summed E-state index contributed by atoms with van der Waals surface area (Å²) >= 11 is 0. The molecule has 0 radical (unpaired) electrons. The van der Waals surface area contributed by atoms with Crippen LogP contribution < -0.4 is 15.4 Å². The molecule has 0 spiro atoms. The van der Waals surface area contributed by atoms with Crippen LogP contribution in [0.5, 0.6) is 5.88 Å². The van der Waals surface area contributed by atoms with Gasteiger partial charge in [-0.1, -0.05) is 6.07 Å². The molecule has 5 nitrogen and oxygen atoms in total. The molecule has 16 heavy (non-hydrogen) atoms. The molecule has 1 aromatic rings. The van der Waals surface area contributed by atoms with Crippen molar-refractivity contribution in [2.45, 2.75) is 13.0 Å². The van der Waals surface area contributed by atoms with Gasteiger partial charge in [0.05, 0.1) is 12.8 Å². The molecule has 0 saturated carbocycles. The number of carbonyl (C=O) groups excluding carboxylic acids is 1. The second kappa shape index (κ2) is 6.79. The number of ether oxygens (including phenoxy) is 1. The summed E-state index contributed by atoms with van der Waals surface area (Å²) in [6.07, 6.45) is 0.473. The van der Waals surface area contributed by atoms with E-state index in [0.29, 0.717) is 25.4 Å². The van der Waals surface area contributed by atoms with Crippen LogP contribution in [0, 0.1) is 0 Å². The maximum atomic E-state index is 10.9. The molecule has 0 aliphatic rings.